The molecule has 2 aliphatic carbocycles. The highest BCUT2D eigenvalue weighted by atomic mass is 15.1. The molecule has 0 spiro atoms. The second-order valence-electron chi connectivity index (χ2n) is 6.94. The second-order valence-corrected chi connectivity index (χ2v) is 6.94. The summed E-state index contributed by atoms with van der Waals surface area (Å²) in [7, 11) is 0. The quantitative estimate of drug-likeness (QED) is 0.897. The molecule has 2 atom stereocenters. The molecule has 3 heteroatoms. The van der Waals surface area contributed by atoms with Gasteiger partial charge in [-0.2, -0.15) is 0 Å². The van der Waals surface area contributed by atoms with E-state index < -0.39 is 0 Å². The van der Waals surface area contributed by atoms with Crippen molar-refractivity contribution in [1.82, 2.24) is 14.9 Å². The van der Waals surface area contributed by atoms with Gasteiger partial charge in [0.2, 0.25) is 0 Å². The molecule has 0 bridgehead atoms. The molecule has 3 aliphatic rings. The number of piperidine rings is 1. The van der Waals surface area contributed by atoms with Crippen LogP contribution in [0.3, 0.4) is 0 Å². The van der Waals surface area contributed by atoms with Crippen LogP contribution in [0.1, 0.15) is 69.6 Å². The van der Waals surface area contributed by atoms with E-state index in [4.69, 9.17) is 0 Å². The highest BCUT2D eigenvalue weighted by Crippen LogP contribution is 2.52. The number of imidazole rings is 1. The highest BCUT2D eigenvalue weighted by Gasteiger charge is 2.43. The third-order valence-electron chi connectivity index (χ3n) is 5.20. The van der Waals surface area contributed by atoms with Crippen LogP contribution in [-0.2, 0) is 0 Å². The van der Waals surface area contributed by atoms with Crippen LogP contribution in [0.2, 0.25) is 0 Å². The molecule has 1 saturated heterocycles. The van der Waals surface area contributed by atoms with E-state index >= 15 is 0 Å². The van der Waals surface area contributed by atoms with Gasteiger partial charge in [-0.25, -0.2) is 4.98 Å². The lowest BCUT2D eigenvalue weighted by atomic mass is 9.96. The van der Waals surface area contributed by atoms with Gasteiger partial charge in [-0.15, -0.1) is 0 Å². The minimum Gasteiger partial charge on any atom is -0.329 e. The predicted octanol–water partition coefficient (Wildman–Crippen LogP) is 3.45. The topological polar surface area (TPSA) is 29.9 Å². The molecule has 1 N–H and O–H groups in total. The number of aromatic nitrogens is 2. The molecule has 3 fully saturated rings. The fourth-order valence-electron chi connectivity index (χ4n) is 3.92. The van der Waals surface area contributed by atoms with Crippen molar-refractivity contribution in [3.05, 3.63) is 18.2 Å². The molecule has 4 rings (SSSR count). The fourth-order valence-corrected chi connectivity index (χ4v) is 3.92. The van der Waals surface area contributed by atoms with Crippen molar-refractivity contribution in [2.75, 3.05) is 0 Å². The van der Waals surface area contributed by atoms with Gasteiger partial charge in [0.15, 0.2) is 0 Å². The van der Waals surface area contributed by atoms with Gasteiger partial charge in [0.25, 0.3) is 0 Å². The maximum Gasteiger partial charge on any atom is 0.0951 e. The zero-order valence-corrected chi connectivity index (χ0v) is 11.9. The summed E-state index contributed by atoms with van der Waals surface area (Å²) >= 11 is 0. The Morgan fingerprint density at radius 3 is 2.53 bits per heavy atom. The molecular formula is C16H25N3. The zero-order valence-electron chi connectivity index (χ0n) is 11.9. The Bertz CT molecular complexity index is 433. The summed E-state index contributed by atoms with van der Waals surface area (Å²) in [5, 5.41) is 3.77. The van der Waals surface area contributed by atoms with Gasteiger partial charge in [0.1, 0.15) is 0 Å². The number of hydrogen-bond acceptors (Lipinski definition) is 2. The maximum absolute atomic E-state index is 4.49. The average Bonchev–Trinajstić information content (AvgIpc) is 3.31. The van der Waals surface area contributed by atoms with Crippen molar-refractivity contribution < 1.29 is 0 Å². The fraction of sp³-hybridized carbons (Fsp3) is 0.812. The smallest absolute Gasteiger partial charge is 0.0951 e. The molecule has 104 valence electrons. The predicted molar refractivity (Wildman–Crippen MR) is 75.9 cm³/mol. The Kier molecular flexibility index (Phi) is 2.91. The van der Waals surface area contributed by atoms with Crippen molar-refractivity contribution in [2.45, 2.75) is 70.0 Å². The Balaban J connectivity index is 1.60. The first-order chi connectivity index (χ1) is 9.33. The molecule has 1 aromatic heterocycles. The van der Waals surface area contributed by atoms with Gasteiger partial charge >= 0.3 is 0 Å². The monoisotopic (exact) mass is 259 g/mol. The second kappa shape index (κ2) is 4.62. The van der Waals surface area contributed by atoms with E-state index in [0.717, 1.165) is 17.9 Å². The average molecular weight is 259 g/mol. The summed E-state index contributed by atoms with van der Waals surface area (Å²) < 4.78 is 2.55. The Morgan fingerprint density at radius 1 is 1.16 bits per heavy atom. The standard InChI is InChI=1S/C16H25N3/c1-11-3-2-4-14(18-11)15-9-17-10-19(15)16(12-5-6-12)13-7-8-13/h9-14,16,18H,2-8H2,1H3. The number of nitrogens with zero attached hydrogens (tertiary/aromatic N) is 2. The van der Waals surface area contributed by atoms with E-state index in [1.165, 1.54) is 50.6 Å². The Labute approximate surface area is 115 Å². The third-order valence-corrected chi connectivity index (χ3v) is 5.20. The molecule has 3 nitrogen and oxygen atoms in total. The van der Waals surface area contributed by atoms with Crippen LogP contribution in [0.15, 0.2) is 12.5 Å². The van der Waals surface area contributed by atoms with Crippen molar-refractivity contribution in [3.63, 3.8) is 0 Å². The molecule has 1 aromatic rings. The van der Waals surface area contributed by atoms with E-state index in [-0.39, 0.29) is 0 Å². The van der Waals surface area contributed by atoms with Gasteiger partial charge in [0.05, 0.1) is 12.0 Å². The summed E-state index contributed by atoms with van der Waals surface area (Å²) in [6.45, 7) is 2.31. The zero-order chi connectivity index (χ0) is 12.8. The van der Waals surface area contributed by atoms with Crippen LogP contribution in [0, 0.1) is 11.8 Å². The van der Waals surface area contributed by atoms with E-state index in [0.29, 0.717) is 12.1 Å². The molecule has 0 radical (unpaired) electrons. The number of hydrogen-bond donors (Lipinski definition) is 1. The van der Waals surface area contributed by atoms with Crippen molar-refractivity contribution >= 4 is 0 Å². The summed E-state index contributed by atoms with van der Waals surface area (Å²) in [6, 6.07) is 1.95. The minimum absolute atomic E-state index is 0.534. The molecule has 2 unspecified atom stereocenters. The highest BCUT2D eigenvalue weighted by molar-refractivity contribution is 5.11. The summed E-state index contributed by atoms with van der Waals surface area (Å²) in [5.41, 5.74) is 1.45. The van der Waals surface area contributed by atoms with Crippen LogP contribution in [0.4, 0.5) is 0 Å². The number of nitrogens with one attached hydrogen (secondary N) is 1. The number of rotatable bonds is 4. The first kappa shape index (κ1) is 12.0. The molecule has 2 heterocycles. The molecule has 19 heavy (non-hydrogen) atoms. The molecule has 0 amide bonds. The van der Waals surface area contributed by atoms with Crippen LogP contribution >= 0.6 is 0 Å². The van der Waals surface area contributed by atoms with Crippen LogP contribution in [0.5, 0.6) is 0 Å². The first-order valence-electron chi connectivity index (χ1n) is 8.10. The minimum atomic E-state index is 0.534. The summed E-state index contributed by atoms with van der Waals surface area (Å²) in [6.07, 6.45) is 13.9. The lowest BCUT2D eigenvalue weighted by Crippen LogP contribution is -2.36. The van der Waals surface area contributed by atoms with E-state index in [1.807, 2.05) is 0 Å². The lowest BCUT2D eigenvalue weighted by Gasteiger charge is -2.31. The summed E-state index contributed by atoms with van der Waals surface area (Å²) in [5.74, 6) is 1.89. The van der Waals surface area contributed by atoms with Crippen molar-refractivity contribution in [2.24, 2.45) is 11.8 Å². The Morgan fingerprint density at radius 2 is 1.89 bits per heavy atom. The largest absolute Gasteiger partial charge is 0.329 e. The lowest BCUT2D eigenvalue weighted by molar-refractivity contribution is 0.308. The van der Waals surface area contributed by atoms with Crippen molar-refractivity contribution in [1.29, 1.82) is 0 Å². The van der Waals surface area contributed by atoms with Gasteiger partial charge in [-0.1, -0.05) is 0 Å². The van der Waals surface area contributed by atoms with Crippen LogP contribution in [0.25, 0.3) is 0 Å². The van der Waals surface area contributed by atoms with Gasteiger partial charge in [-0.05, 0) is 63.7 Å². The van der Waals surface area contributed by atoms with Gasteiger partial charge in [-0.3, -0.25) is 0 Å². The third kappa shape index (κ3) is 2.33. The molecule has 0 aromatic carbocycles. The van der Waals surface area contributed by atoms with Gasteiger partial charge in [0, 0.05) is 24.3 Å². The first-order valence-corrected chi connectivity index (χ1v) is 8.10. The molecule has 2 saturated carbocycles. The summed E-state index contributed by atoms with van der Waals surface area (Å²) in [4.78, 5) is 4.49. The van der Waals surface area contributed by atoms with Crippen LogP contribution in [-0.4, -0.2) is 15.6 Å². The van der Waals surface area contributed by atoms with Gasteiger partial charge < -0.3 is 9.88 Å². The van der Waals surface area contributed by atoms with E-state index in [1.54, 1.807) is 0 Å². The van der Waals surface area contributed by atoms with Crippen molar-refractivity contribution in [3.8, 4) is 0 Å². The SMILES string of the molecule is CC1CCCC(c2cncn2C(C2CC2)C2CC2)N1. The maximum atomic E-state index is 4.49. The van der Waals surface area contributed by atoms with E-state index in [2.05, 4.69) is 34.3 Å². The Hall–Kier alpha value is -0.830. The molecule has 1 aliphatic heterocycles. The van der Waals surface area contributed by atoms with Crippen LogP contribution < -0.4 is 5.32 Å². The normalized spacial score (nSPS) is 31.9. The molecular weight excluding hydrogens is 234 g/mol. The van der Waals surface area contributed by atoms with E-state index in [9.17, 15) is 0 Å².